The molecule has 8 nitrogen and oxygen atoms in total. The third kappa shape index (κ3) is 5.65. The number of rotatable bonds is 8. The van der Waals surface area contributed by atoms with E-state index in [9.17, 15) is 20.2 Å². The van der Waals surface area contributed by atoms with Gasteiger partial charge in [-0.15, -0.1) is 0 Å². The molecule has 0 atom stereocenters. The first-order valence-electron chi connectivity index (χ1n) is 10.9. The Morgan fingerprint density at radius 3 is 1.35 bits per heavy atom. The second kappa shape index (κ2) is 9.53. The number of nitrogens with zero attached hydrogens (tertiary/aromatic N) is 4. The van der Waals surface area contributed by atoms with Crippen molar-refractivity contribution in [1.82, 2.24) is 9.80 Å². The number of nitro groups is 2. The van der Waals surface area contributed by atoms with Crippen LogP contribution in [0.15, 0.2) is 48.5 Å². The highest BCUT2D eigenvalue weighted by Crippen LogP contribution is 2.29. The molecule has 0 radical (unpaired) electrons. The third-order valence-electron chi connectivity index (χ3n) is 6.46. The lowest BCUT2D eigenvalue weighted by Gasteiger charge is -2.46. The van der Waals surface area contributed by atoms with Crippen LogP contribution in [0.25, 0.3) is 0 Å². The molecule has 0 aliphatic carbocycles. The molecule has 2 saturated heterocycles. The molecule has 0 spiro atoms. The molecule has 0 saturated carbocycles. The van der Waals surface area contributed by atoms with Crippen LogP contribution in [0.5, 0.6) is 0 Å². The van der Waals surface area contributed by atoms with Crippen LogP contribution in [-0.2, 0) is 12.8 Å². The Morgan fingerprint density at radius 2 is 1.03 bits per heavy atom. The van der Waals surface area contributed by atoms with E-state index in [0.29, 0.717) is 11.8 Å². The summed E-state index contributed by atoms with van der Waals surface area (Å²) < 4.78 is 0. The van der Waals surface area contributed by atoms with Gasteiger partial charge in [-0.1, -0.05) is 24.3 Å². The van der Waals surface area contributed by atoms with Gasteiger partial charge in [-0.3, -0.25) is 20.2 Å². The molecule has 0 amide bonds. The first-order valence-corrected chi connectivity index (χ1v) is 10.9. The van der Waals surface area contributed by atoms with Crippen LogP contribution < -0.4 is 0 Å². The van der Waals surface area contributed by atoms with Crippen LogP contribution in [0.3, 0.4) is 0 Å². The highest BCUT2D eigenvalue weighted by Gasteiger charge is 2.33. The van der Waals surface area contributed by atoms with Crippen molar-refractivity contribution < 1.29 is 9.85 Å². The summed E-state index contributed by atoms with van der Waals surface area (Å²) in [6.07, 6.45) is 3.13. The van der Waals surface area contributed by atoms with E-state index in [1.54, 1.807) is 24.3 Å². The molecule has 0 aromatic heterocycles. The van der Waals surface area contributed by atoms with Gasteiger partial charge in [0.15, 0.2) is 0 Å². The molecule has 0 N–H and O–H groups in total. The number of nitro benzene ring substituents is 2. The minimum absolute atomic E-state index is 0.144. The van der Waals surface area contributed by atoms with Crippen molar-refractivity contribution >= 4 is 11.4 Å². The molecule has 164 valence electrons. The SMILES string of the molecule is O=[N+]([O-])c1ccc(CCN2CC3CC(C2)CN(CCc2ccc([N+](=O)[O-])cc2)C3)cc1. The fourth-order valence-electron chi connectivity index (χ4n) is 5.00. The minimum atomic E-state index is -0.358. The van der Waals surface area contributed by atoms with Crippen LogP contribution in [-0.4, -0.2) is 58.9 Å². The number of non-ortho nitro benzene ring substituents is 2. The fraction of sp³-hybridized carbons (Fsp3) is 0.478. The van der Waals surface area contributed by atoms with Gasteiger partial charge >= 0.3 is 0 Å². The summed E-state index contributed by atoms with van der Waals surface area (Å²) in [5.41, 5.74) is 2.58. The average molecular weight is 425 g/mol. The zero-order valence-electron chi connectivity index (χ0n) is 17.6. The maximum atomic E-state index is 10.8. The van der Waals surface area contributed by atoms with Gasteiger partial charge < -0.3 is 9.80 Å². The van der Waals surface area contributed by atoms with E-state index in [1.165, 1.54) is 6.42 Å². The minimum Gasteiger partial charge on any atom is -0.302 e. The van der Waals surface area contributed by atoms with Crippen LogP contribution in [0.2, 0.25) is 0 Å². The Hall–Kier alpha value is -2.84. The monoisotopic (exact) mass is 424 g/mol. The summed E-state index contributed by atoms with van der Waals surface area (Å²) in [5, 5.41) is 21.6. The Balaban J connectivity index is 1.23. The fourth-order valence-corrected chi connectivity index (χ4v) is 5.00. The van der Waals surface area contributed by atoms with Crippen LogP contribution in [0.4, 0.5) is 11.4 Å². The molecule has 2 aliphatic rings. The molecule has 2 aromatic rings. The van der Waals surface area contributed by atoms with Gasteiger partial charge in [-0.05, 0) is 42.2 Å². The Morgan fingerprint density at radius 1 is 0.677 bits per heavy atom. The largest absolute Gasteiger partial charge is 0.302 e. The van der Waals surface area contributed by atoms with Gasteiger partial charge in [0.1, 0.15) is 0 Å². The number of piperidine rings is 2. The van der Waals surface area contributed by atoms with E-state index in [4.69, 9.17) is 0 Å². The smallest absolute Gasteiger partial charge is 0.269 e. The predicted octanol–water partition coefficient (Wildman–Crippen LogP) is 3.54. The Bertz CT molecular complexity index is 829. The molecular formula is C23H28N4O4. The van der Waals surface area contributed by atoms with Gasteiger partial charge in [0.2, 0.25) is 0 Å². The first kappa shape index (κ1) is 21.4. The predicted molar refractivity (Wildman–Crippen MR) is 118 cm³/mol. The molecule has 0 unspecified atom stereocenters. The van der Waals surface area contributed by atoms with Gasteiger partial charge in [-0.25, -0.2) is 0 Å². The number of hydrogen-bond donors (Lipinski definition) is 0. The summed E-state index contributed by atoms with van der Waals surface area (Å²) in [6, 6.07) is 13.8. The molecule has 2 aliphatic heterocycles. The normalized spacial score (nSPS) is 21.7. The molecule has 2 heterocycles. The van der Waals surface area contributed by atoms with Crippen molar-refractivity contribution in [2.24, 2.45) is 11.8 Å². The van der Waals surface area contributed by atoms with Crippen molar-refractivity contribution in [3.05, 3.63) is 79.9 Å². The lowest BCUT2D eigenvalue weighted by Crippen LogP contribution is -2.53. The third-order valence-corrected chi connectivity index (χ3v) is 6.46. The van der Waals surface area contributed by atoms with Crippen molar-refractivity contribution in [2.75, 3.05) is 39.3 Å². The molecule has 8 heteroatoms. The van der Waals surface area contributed by atoms with E-state index >= 15 is 0 Å². The van der Waals surface area contributed by atoms with Crippen molar-refractivity contribution in [1.29, 1.82) is 0 Å². The van der Waals surface area contributed by atoms with E-state index in [-0.39, 0.29) is 21.2 Å². The lowest BCUT2D eigenvalue weighted by molar-refractivity contribution is -0.385. The molecule has 4 rings (SSSR count). The van der Waals surface area contributed by atoms with Crippen molar-refractivity contribution in [3.8, 4) is 0 Å². The molecular weight excluding hydrogens is 396 g/mol. The Kier molecular flexibility index (Phi) is 6.58. The first-order chi connectivity index (χ1) is 15.0. The number of fused-ring (bicyclic) bond motifs is 2. The average Bonchev–Trinajstić information content (AvgIpc) is 2.76. The quantitative estimate of drug-likeness (QED) is 0.475. The molecule has 2 fully saturated rings. The van der Waals surface area contributed by atoms with Gasteiger partial charge in [0.25, 0.3) is 11.4 Å². The summed E-state index contributed by atoms with van der Waals surface area (Å²) in [6.45, 7) is 6.42. The van der Waals surface area contributed by atoms with E-state index in [1.807, 2.05) is 24.3 Å². The summed E-state index contributed by atoms with van der Waals surface area (Å²) in [4.78, 5) is 26.0. The van der Waals surface area contributed by atoms with E-state index in [0.717, 1.165) is 63.2 Å². The Labute approximate surface area is 181 Å². The maximum Gasteiger partial charge on any atom is 0.269 e. The number of benzene rings is 2. The van der Waals surface area contributed by atoms with E-state index in [2.05, 4.69) is 9.80 Å². The standard InChI is InChI=1S/C23H28N4O4/c28-26(29)22-5-1-18(2-6-22)9-11-24-14-20-13-21(15-24)17-25(16-20)12-10-19-3-7-23(8-4-19)27(30)31/h1-8,20-21H,9-17H2. The summed E-state index contributed by atoms with van der Waals surface area (Å²) in [5.74, 6) is 1.36. The van der Waals surface area contributed by atoms with Crippen LogP contribution in [0, 0.1) is 32.1 Å². The zero-order valence-corrected chi connectivity index (χ0v) is 17.6. The summed E-state index contributed by atoms with van der Waals surface area (Å²) in [7, 11) is 0. The maximum absolute atomic E-state index is 10.8. The van der Waals surface area contributed by atoms with E-state index < -0.39 is 0 Å². The molecule has 31 heavy (non-hydrogen) atoms. The topological polar surface area (TPSA) is 92.8 Å². The van der Waals surface area contributed by atoms with Crippen LogP contribution >= 0.6 is 0 Å². The van der Waals surface area contributed by atoms with Crippen molar-refractivity contribution in [2.45, 2.75) is 19.3 Å². The van der Waals surface area contributed by atoms with Gasteiger partial charge in [-0.2, -0.15) is 0 Å². The molecule has 2 aromatic carbocycles. The second-order valence-electron chi connectivity index (χ2n) is 8.83. The van der Waals surface area contributed by atoms with Crippen LogP contribution in [0.1, 0.15) is 17.5 Å². The highest BCUT2D eigenvalue weighted by atomic mass is 16.6. The zero-order chi connectivity index (χ0) is 21.8. The van der Waals surface area contributed by atoms with Gasteiger partial charge in [0, 0.05) is 63.5 Å². The number of likely N-dealkylation sites (tertiary alicyclic amines) is 2. The van der Waals surface area contributed by atoms with Crippen molar-refractivity contribution in [3.63, 3.8) is 0 Å². The number of hydrogen-bond acceptors (Lipinski definition) is 6. The molecule has 2 bridgehead atoms. The lowest BCUT2D eigenvalue weighted by atomic mass is 9.84. The second-order valence-corrected chi connectivity index (χ2v) is 8.83. The highest BCUT2D eigenvalue weighted by molar-refractivity contribution is 5.33. The van der Waals surface area contributed by atoms with Gasteiger partial charge in [0.05, 0.1) is 9.85 Å². The summed E-state index contributed by atoms with van der Waals surface area (Å²) >= 11 is 0.